The maximum atomic E-state index is 12.2. The summed E-state index contributed by atoms with van der Waals surface area (Å²) in [6, 6.07) is 5.42. The van der Waals surface area contributed by atoms with E-state index >= 15 is 0 Å². The van der Waals surface area contributed by atoms with Gasteiger partial charge in [-0.1, -0.05) is 25.0 Å². The average molecular weight is 259 g/mol. The highest BCUT2D eigenvalue weighted by molar-refractivity contribution is 6.22. The van der Waals surface area contributed by atoms with Crippen molar-refractivity contribution in [2.75, 3.05) is 0 Å². The molecular weight excluding hydrogens is 246 g/mol. The molecule has 1 saturated carbocycles. The summed E-state index contributed by atoms with van der Waals surface area (Å²) in [7, 11) is 0. The minimum atomic E-state index is -1.11. The highest BCUT2D eigenvalue weighted by Crippen LogP contribution is 2.36. The van der Waals surface area contributed by atoms with Crippen molar-refractivity contribution >= 4 is 17.8 Å². The average Bonchev–Trinajstić information content (AvgIpc) is 3.17. The Morgan fingerprint density at radius 2 is 1.74 bits per heavy atom. The molecule has 1 aliphatic carbocycles. The highest BCUT2D eigenvalue weighted by Gasteiger charge is 2.44. The Balaban J connectivity index is 1.94. The van der Waals surface area contributed by atoms with Crippen molar-refractivity contribution in [3.63, 3.8) is 0 Å². The third kappa shape index (κ3) is 1.91. The van der Waals surface area contributed by atoms with Crippen molar-refractivity contribution in [1.82, 2.24) is 4.90 Å². The molecule has 19 heavy (non-hydrogen) atoms. The van der Waals surface area contributed by atoms with Crippen LogP contribution in [0.4, 0.5) is 0 Å². The number of imide groups is 1. The van der Waals surface area contributed by atoms with Crippen LogP contribution in [0.1, 0.15) is 40.0 Å². The molecule has 3 rings (SSSR count). The van der Waals surface area contributed by atoms with Gasteiger partial charge in [0, 0.05) is 0 Å². The molecule has 0 spiro atoms. The Morgan fingerprint density at radius 1 is 1.21 bits per heavy atom. The minimum Gasteiger partial charge on any atom is -0.480 e. The fourth-order valence-electron chi connectivity index (χ4n) is 2.48. The summed E-state index contributed by atoms with van der Waals surface area (Å²) in [5, 5.41) is 9.28. The van der Waals surface area contributed by atoms with Crippen molar-refractivity contribution in [2.45, 2.75) is 25.3 Å². The van der Waals surface area contributed by atoms with Crippen LogP contribution in [0.25, 0.3) is 0 Å². The van der Waals surface area contributed by atoms with Gasteiger partial charge in [0.2, 0.25) is 0 Å². The second-order valence-electron chi connectivity index (χ2n) is 5.06. The normalized spacial score (nSPS) is 19.5. The van der Waals surface area contributed by atoms with Gasteiger partial charge < -0.3 is 5.11 Å². The van der Waals surface area contributed by atoms with Crippen LogP contribution >= 0.6 is 0 Å². The molecule has 1 atom stereocenters. The predicted molar refractivity (Wildman–Crippen MR) is 65.7 cm³/mol. The largest absolute Gasteiger partial charge is 0.480 e. The number of rotatable bonds is 4. The van der Waals surface area contributed by atoms with E-state index < -0.39 is 23.8 Å². The van der Waals surface area contributed by atoms with Gasteiger partial charge in [0.25, 0.3) is 11.8 Å². The van der Waals surface area contributed by atoms with Crippen LogP contribution in [-0.4, -0.2) is 33.8 Å². The van der Waals surface area contributed by atoms with E-state index in [1.807, 2.05) is 0 Å². The van der Waals surface area contributed by atoms with Crippen LogP contribution in [-0.2, 0) is 4.79 Å². The van der Waals surface area contributed by atoms with E-state index in [2.05, 4.69) is 0 Å². The van der Waals surface area contributed by atoms with Gasteiger partial charge in [-0.3, -0.25) is 14.5 Å². The van der Waals surface area contributed by atoms with E-state index in [0.29, 0.717) is 23.5 Å². The number of carboxylic acid groups (broad SMARTS) is 1. The first kappa shape index (κ1) is 11.9. The molecule has 0 aromatic heterocycles. The van der Waals surface area contributed by atoms with Crippen molar-refractivity contribution in [3.8, 4) is 0 Å². The third-order valence-electron chi connectivity index (χ3n) is 3.68. The van der Waals surface area contributed by atoms with Crippen molar-refractivity contribution in [1.29, 1.82) is 0 Å². The van der Waals surface area contributed by atoms with Crippen molar-refractivity contribution in [3.05, 3.63) is 35.4 Å². The van der Waals surface area contributed by atoms with Gasteiger partial charge in [-0.15, -0.1) is 0 Å². The highest BCUT2D eigenvalue weighted by atomic mass is 16.4. The first-order chi connectivity index (χ1) is 9.09. The molecule has 5 heteroatoms. The zero-order valence-corrected chi connectivity index (χ0v) is 10.2. The topological polar surface area (TPSA) is 74.7 Å². The Bertz CT molecular complexity index is 542. The molecule has 1 fully saturated rings. The maximum absolute atomic E-state index is 12.2. The van der Waals surface area contributed by atoms with Crippen LogP contribution in [0.15, 0.2) is 24.3 Å². The van der Waals surface area contributed by atoms with E-state index in [-0.39, 0.29) is 0 Å². The number of hydrogen-bond acceptors (Lipinski definition) is 3. The number of fused-ring (bicyclic) bond motifs is 1. The number of carboxylic acids is 1. The smallest absolute Gasteiger partial charge is 0.326 e. The van der Waals surface area contributed by atoms with E-state index in [1.165, 1.54) is 0 Å². The zero-order chi connectivity index (χ0) is 13.6. The van der Waals surface area contributed by atoms with Crippen molar-refractivity contribution in [2.24, 2.45) is 5.92 Å². The summed E-state index contributed by atoms with van der Waals surface area (Å²) in [5.41, 5.74) is 0.601. The molecule has 0 bridgehead atoms. The fraction of sp³-hybridized carbons (Fsp3) is 0.357. The number of nitrogens with zero attached hydrogens (tertiary/aromatic N) is 1. The number of carbonyl (C=O) groups excluding carboxylic acids is 2. The number of aliphatic carboxylic acids is 1. The number of carbonyl (C=O) groups is 3. The monoisotopic (exact) mass is 259 g/mol. The summed E-state index contributed by atoms with van der Waals surface area (Å²) in [4.78, 5) is 36.6. The Labute approximate surface area is 109 Å². The summed E-state index contributed by atoms with van der Waals surface area (Å²) in [6.45, 7) is 0. The molecule has 1 unspecified atom stereocenters. The molecule has 98 valence electrons. The number of hydrogen-bond donors (Lipinski definition) is 1. The van der Waals surface area contributed by atoms with Gasteiger partial charge in [-0.05, 0) is 24.5 Å². The molecule has 2 aliphatic rings. The summed E-state index contributed by atoms with van der Waals surface area (Å²) >= 11 is 0. The van der Waals surface area contributed by atoms with Crippen LogP contribution in [0.5, 0.6) is 0 Å². The second kappa shape index (κ2) is 4.19. The molecule has 2 amide bonds. The van der Waals surface area contributed by atoms with Gasteiger partial charge in [0.1, 0.15) is 6.04 Å². The maximum Gasteiger partial charge on any atom is 0.326 e. The predicted octanol–water partition coefficient (Wildman–Crippen LogP) is 1.54. The number of benzene rings is 1. The first-order valence-corrected chi connectivity index (χ1v) is 6.29. The third-order valence-corrected chi connectivity index (χ3v) is 3.68. The van der Waals surface area contributed by atoms with E-state index in [0.717, 1.165) is 17.7 Å². The van der Waals surface area contributed by atoms with Crippen LogP contribution in [0.2, 0.25) is 0 Å². The quantitative estimate of drug-likeness (QED) is 0.832. The van der Waals surface area contributed by atoms with Gasteiger partial charge in [-0.25, -0.2) is 4.79 Å². The molecule has 1 aliphatic heterocycles. The van der Waals surface area contributed by atoms with E-state index in [9.17, 15) is 19.5 Å². The Kier molecular flexibility index (Phi) is 2.62. The Morgan fingerprint density at radius 3 is 2.16 bits per heavy atom. The van der Waals surface area contributed by atoms with Crippen LogP contribution in [0, 0.1) is 5.92 Å². The molecule has 5 nitrogen and oxygen atoms in total. The molecule has 1 heterocycles. The zero-order valence-electron chi connectivity index (χ0n) is 10.2. The summed E-state index contributed by atoms with van der Waals surface area (Å²) < 4.78 is 0. The molecular formula is C14H13NO4. The molecule has 0 radical (unpaired) electrons. The minimum absolute atomic E-state index is 0.301. The molecule has 0 saturated heterocycles. The fourth-order valence-corrected chi connectivity index (χ4v) is 2.48. The van der Waals surface area contributed by atoms with Gasteiger partial charge in [-0.2, -0.15) is 0 Å². The van der Waals surface area contributed by atoms with Crippen LogP contribution in [0.3, 0.4) is 0 Å². The van der Waals surface area contributed by atoms with Crippen molar-refractivity contribution < 1.29 is 19.5 Å². The molecule has 1 aromatic carbocycles. The Hall–Kier alpha value is -2.17. The van der Waals surface area contributed by atoms with Gasteiger partial charge in [0.15, 0.2) is 0 Å². The van der Waals surface area contributed by atoms with E-state index in [4.69, 9.17) is 0 Å². The molecule has 1 aromatic rings. The first-order valence-electron chi connectivity index (χ1n) is 6.29. The lowest BCUT2D eigenvalue weighted by atomic mass is 10.1. The van der Waals surface area contributed by atoms with Gasteiger partial charge in [0.05, 0.1) is 11.1 Å². The molecule has 1 N–H and O–H groups in total. The lowest BCUT2D eigenvalue weighted by Gasteiger charge is -2.22. The lowest BCUT2D eigenvalue weighted by Crippen LogP contribution is -2.45. The lowest BCUT2D eigenvalue weighted by molar-refractivity contribution is -0.142. The second-order valence-corrected chi connectivity index (χ2v) is 5.06. The van der Waals surface area contributed by atoms with Crippen LogP contribution < -0.4 is 0 Å². The summed E-state index contributed by atoms with van der Waals surface area (Å²) in [6.07, 6.45) is 2.32. The summed E-state index contributed by atoms with van der Waals surface area (Å²) in [5.74, 6) is -1.77. The standard InChI is InChI=1S/C14H13NO4/c16-12-9-3-1-2-4-10(9)13(17)15(12)11(14(18)19)7-8-5-6-8/h1-4,8,11H,5-7H2,(H,18,19). The SMILES string of the molecule is O=C(O)C(CC1CC1)N1C(=O)c2ccccc2C1=O. The number of amides is 2. The van der Waals surface area contributed by atoms with Gasteiger partial charge >= 0.3 is 5.97 Å². The van der Waals surface area contributed by atoms with E-state index in [1.54, 1.807) is 24.3 Å².